The lowest BCUT2D eigenvalue weighted by atomic mass is 10.1. The fourth-order valence-electron chi connectivity index (χ4n) is 2.59. The first-order valence-electron chi connectivity index (χ1n) is 10.0. The van der Waals surface area contributed by atoms with E-state index in [1.807, 2.05) is 6.07 Å². The second kappa shape index (κ2) is 17.4. The summed E-state index contributed by atoms with van der Waals surface area (Å²) >= 11 is 0. The lowest BCUT2D eigenvalue weighted by molar-refractivity contribution is -0.697. The van der Waals surface area contributed by atoms with E-state index in [1.165, 1.54) is 51.4 Å². The van der Waals surface area contributed by atoms with E-state index in [9.17, 15) is 13.0 Å². The van der Waals surface area contributed by atoms with E-state index in [1.54, 1.807) is 0 Å². The summed E-state index contributed by atoms with van der Waals surface area (Å²) in [6.07, 6.45) is 17.1. The first-order chi connectivity index (χ1) is 12.5. The fourth-order valence-corrected chi connectivity index (χ4v) is 2.91. The zero-order chi connectivity index (χ0) is 19.5. The molecule has 0 amide bonds. The van der Waals surface area contributed by atoms with E-state index in [-0.39, 0.29) is 6.61 Å². The molecule has 0 atom stereocenters. The van der Waals surface area contributed by atoms with Gasteiger partial charge in [-0.3, -0.25) is 4.18 Å². The molecule has 0 aliphatic rings. The average Bonchev–Trinajstić information content (AvgIpc) is 2.60. The molecule has 0 bridgehead atoms. The lowest BCUT2D eigenvalue weighted by Gasteiger charge is -2.06. The molecule has 1 aromatic heterocycles. The molecular weight excluding hydrogens is 350 g/mol. The van der Waals surface area contributed by atoms with Gasteiger partial charge in [-0.25, -0.2) is 13.0 Å². The van der Waals surface area contributed by atoms with Crippen molar-refractivity contribution in [3.63, 3.8) is 0 Å². The molecule has 1 heterocycles. The van der Waals surface area contributed by atoms with Gasteiger partial charge >= 0.3 is 0 Å². The molecule has 0 aliphatic heterocycles. The zero-order valence-electron chi connectivity index (χ0n) is 16.6. The summed E-state index contributed by atoms with van der Waals surface area (Å²) in [6.45, 7) is 5.55. The highest BCUT2D eigenvalue weighted by atomic mass is 32.3. The van der Waals surface area contributed by atoms with Crippen LogP contribution in [0, 0.1) is 0 Å². The van der Waals surface area contributed by atoms with Crippen molar-refractivity contribution in [2.45, 2.75) is 91.0 Å². The van der Waals surface area contributed by atoms with Gasteiger partial charge in [-0.1, -0.05) is 77.7 Å². The number of aryl methyl sites for hydroxylation is 1. The van der Waals surface area contributed by atoms with E-state index in [4.69, 9.17) is 0 Å². The topological polar surface area (TPSA) is 70.3 Å². The minimum atomic E-state index is -4.48. The van der Waals surface area contributed by atoms with Gasteiger partial charge in [0.15, 0.2) is 12.4 Å². The molecule has 0 saturated carbocycles. The Morgan fingerprint density at radius 2 is 1.27 bits per heavy atom. The van der Waals surface area contributed by atoms with Crippen LogP contribution in [0.5, 0.6) is 0 Å². The van der Waals surface area contributed by atoms with E-state index < -0.39 is 10.4 Å². The van der Waals surface area contributed by atoms with Crippen molar-refractivity contribution in [1.29, 1.82) is 0 Å². The number of nitrogens with zero attached hydrogens (tertiary/aromatic N) is 1. The van der Waals surface area contributed by atoms with Gasteiger partial charge in [0.1, 0.15) is 6.54 Å². The molecule has 0 radical (unpaired) electrons. The monoisotopic (exact) mass is 387 g/mol. The Bertz CT molecular complexity index is 506. The quantitative estimate of drug-likeness (QED) is 0.199. The molecule has 152 valence electrons. The summed E-state index contributed by atoms with van der Waals surface area (Å²) in [4.78, 5) is 0. The van der Waals surface area contributed by atoms with Crippen molar-refractivity contribution in [2.75, 3.05) is 6.61 Å². The van der Waals surface area contributed by atoms with Crippen LogP contribution in [-0.2, 0) is 21.1 Å². The molecule has 1 rings (SSSR count). The van der Waals surface area contributed by atoms with Crippen LogP contribution in [-0.4, -0.2) is 19.6 Å². The maximum absolute atomic E-state index is 10.1. The molecule has 1 aromatic rings. The molecule has 0 fully saturated rings. The molecule has 0 saturated heterocycles. The first-order valence-corrected chi connectivity index (χ1v) is 11.4. The Morgan fingerprint density at radius 3 is 1.73 bits per heavy atom. The highest BCUT2D eigenvalue weighted by Crippen LogP contribution is 2.10. The van der Waals surface area contributed by atoms with Crippen molar-refractivity contribution >= 4 is 10.4 Å². The maximum atomic E-state index is 10.1. The summed E-state index contributed by atoms with van der Waals surface area (Å²) in [7, 11) is -4.48. The molecule has 0 spiro atoms. The van der Waals surface area contributed by atoms with Crippen LogP contribution in [0.4, 0.5) is 0 Å². The van der Waals surface area contributed by atoms with Gasteiger partial charge in [-0.2, -0.15) is 0 Å². The SMILES string of the molecule is CCCCCCCCCCCCOS(=O)(=O)[O-].CCC[n+]1ccccc1. The Morgan fingerprint density at radius 1 is 0.769 bits per heavy atom. The van der Waals surface area contributed by atoms with Crippen LogP contribution in [0.15, 0.2) is 30.6 Å². The van der Waals surface area contributed by atoms with Crippen LogP contribution < -0.4 is 4.57 Å². The summed E-state index contributed by atoms with van der Waals surface area (Å²) in [5.41, 5.74) is 0. The molecule has 5 nitrogen and oxygen atoms in total. The van der Waals surface area contributed by atoms with E-state index in [2.05, 4.69) is 47.1 Å². The number of rotatable bonds is 14. The molecule has 26 heavy (non-hydrogen) atoms. The largest absolute Gasteiger partial charge is 0.726 e. The van der Waals surface area contributed by atoms with Crippen molar-refractivity contribution in [1.82, 2.24) is 0 Å². The van der Waals surface area contributed by atoms with Gasteiger partial charge in [0.2, 0.25) is 10.4 Å². The van der Waals surface area contributed by atoms with Gasteiger partial charge in [-0.15, -0.1) is 0 Å². The molecule has 0 unspecified atom stereocenters. The number of aromatic nitrogens is 1. The van der Waals surface area contributed by atoms with Gasteiger partial charge in [-0.05, 0) is 6.42 Å². The number of pyridine rings is 1. The van der Waals surface area contributed by atoms with Crippen LogP contribution in [0.2, 0.25) is 0 Å². The third-order valence-corrected chi connectivity index (χ3v) is 4.44. The van der Waals surface area contributed by atoms with Gasteiger partial charge in [0.05, 0.1) is 6.61 Å². The van der Waals surface area contributed by atoms with E-state index in [0.717, 1.165) is 19.4 Å². The second-order valence-electron chi connectivity index (χ2n) is 6.53. The van der Waals surface area contributed by atoms with E-state index in [0.29, 0.717) is 6.42 Å². The van der Waals surface area contributed by atoms with Crippen molar-refractivity contribution in [3.05, 3.63) is 30.6 Å². The summed E-state index contributed by atoms with van der Waals surface area (Å²) < 4.78 is 36.6. The van der Waals surface area contributed by atoms with Crippen molar-refractivity contribution in [2.24, 2.45) is 0 Å². The molecule has 0 N–H and O–H groups in total. The predicted octanol–water partition coefficient (Wildman–Crippen LogP) is 4.77. The second-order valence-corrected chi connectivity index (χ2v) is 7.58. The Labute approximate surface area is 160 Å². The van der Waals surface area contributed by atoms with Crippen molar-refractivity contribution in [3.8, 4) is 0 Å². The van der Waals surface area contributed by atoms with Crippen LogP contribution in [0.25, 0.3) is 0 Å². The van der Waals surface area contributed by atoms with Crippen LogP contribution >= 0.6 is 0 Å². The fraction of sp³-hybridized carbons (Fsp3) is 0.750. The summed E-state index contributed by atoms with van der Waals surface area (Å²) in [5.74, 6) is 0. The summed E-state index contributed by atoms with van der Waals surface area (Å²) in [5, 5.41) is 0. The standard InChI is InChI=1S/C12H26O4S.C8H12N/c1-2-3-4-5-6-7-8-9-10-11-12-16-17(13,14)15;1-2-6-9-7-4-3-5-8-9/h2-12H2,1H3,(H,13,14,15);3-5,7-8H,2,6H2,1H3/q;+1/p-1. The van der Waals surface area contributed by atoms with E-state index >= 15 is 0 Å². The lowest BCUT2D eigenvalue weighted by Crippen LogP contribution is -2.31. The minimum Gasteiger partial charge on any atom is -0.726 e. The third kappa shape index (κ3) is 19.3. The first kappa shape index (κ1) is 25.0. The van der Waals surface area contributed by atoms with Crippen LogP contribution in [0.1, 0.15) is 84.5 Å². The molecular formula is C20H37NO4S. The predicted molar refractivity (Wildman–Crippen MR) is 104 cm³/mol. The Balaban J connectivity index is 0.000000577. The van der Waals surface area contributed by atoms with Gasteiger partial charge in [0, 0.05) is 18.6 Å². The summed E-state index contributed by atoms with van der Waals surface area (Å²) in [6, 6.07) is 6.14. The highest BCUT2D eigenvalue weighted by Gasteiger charge is 1.95. The van der Waals surface area contributed by atoms with Gasteiger partial charge in [0.25, 0.3) is 0 Å². The molecule has 0 aliphatic carbocycles. The van der Waals surface area contributed by atoms with Gasteiger partial charge < -0.3 is 4.55 Å². The number of unbranched alkanes of at least 4 members (excludes halogenated alkanes) is 9. The Kier molecular flexibility index (Phi) is 16.8. The minimum absolute atomic E-state index is 0.0301. The van der Waals surface area contributed by atoms with Crippen LogP contribution in [0.3, 0.4) is 0 Å². The average molecular weight is 388 g/mol. The third-order valence-electron chi connectivity index (χ3n) is 3.98. The molecule has 6 heteroatoms. The zero-order valence-corrected chi connectivity index (χ0v) is 17.4. The molecule has 0 aromatic carbocycles. The van der Waals surface area contributed by atoms with Crippen molar-refractivity contribution < 1.29 is 21.7 Å². The normalized spacial score (nSPS) is 11.0. The maximum Gasteiger partial charge on any atom is 0.217 e. The smallest absolute Gasteiger partial charge is 0.217 e. The Hall–Kier alpha value is -0.980. The number of hydrogen-bond donors (Lipinski definition) is 0. The highest BCUT2D eigenvalue weighted by molar-refractivity contribution is 7.80. The number of hydrogen-bond acceptors (Lipinski definition) is 4.